The molecule has 3 N–H and O–H groups in total. The van der Waals surface area contributed by atoms with E-state index in [0.717, 1.165) is 5.56 Å². The molecule has 0 aromatic heterocycles. The SMILES string of the molecule is COc1ccc(N(C)C(=O)C(Cc2cccc(CO)c2)NC(=O)O)cc1. The van der Waals surface area contributed by atoms with Gasteiger partial charge in [0.05, 0.1) is 13.7 Å². The summed E-state index contributed by atoms with van der Waals surface area (Å²) in [6.45, 7) is -0.120. The van der Waals surface area contributed by atoms with Crippen LogP contribution in [0.3, 0.4) is 0 Å². The number of ether oxygens (including phenoxy) is 1. The first-order chi connectivity index (χ1) is 12.4. The first kappa shape index (κ1) is 19.3. The van der Waals surface area contributed by atoms with Gasteiger partial charge in [-0.2, -0.15) is 0 Å². The van der Waals surface area contributed by atoms with Crippen LogP contribution in [0.15, 0.2) is 48.5 Å². The molecular formula is C19H22N2O5. The highest BCUT2D eigenvalue weighted by Crippen LogP contribution is 2.19. The molecule has 0 aliphatic carbocycles. The van der Waals surface area contributed by atoms with Crippen LogP contribution in [0, 0.1) is 0 Å². The molecule has 0 heterocycles. The molecule has 2 aromatic rings. The molecule has 0 saturated heterocycles. The third kappa shape index (κ3) is 4.97. The molecular weight excluding hydrogens is 336 g/mol. The highest BCUT2D eigenvalue weighted by atomic mass is 16.5. The van der Waals surface area contributed by atoms with Crippen LogP contribution in [-0.2, 0) is 17.8 Å². The van der Waals surface area contributed by atoms with Gasteiger partial charge in [0.25, 0.3) is 0 Å². The van der Waals surface area contributed by atoms with Gasteiger partial charge in [-0.25, -0.2) is 4.79 Å². The van der Waals surface area contributed by atoms with Crippen molar-refractivity contribution in [3.63, 3.8) is 0 Å². The van der Waals surface area contributed by atoms with E-state index in [4.69, 9.17) is 9.84 Å². The Hall–Kier alpha value is -3.06. The smallest absolute Gasteiger partial charge is 0.405 e. The number of carbonyl (C=O) groups is 2. The van der Waals surface area contributed by atoms with E-state index in [-0.39, 0.29) is 18.9 Å². The zero-order chi connectivity index (χ0) is 19.1. The average Bonchev–Trinajstić information content (AvgIpc) is 2.66. The Labute approximate surface area is 151 Å². The predicted molar refractivity (Wildman–Crippen MR) is 97.4 cm³/mol. The Bertz CT molecular complexity index is 761. The zero-order valence-corrected chi connectivity index (χ0v) is 14.7. The molecule has 0 bridgehead atoms. The minimum Gasteiger partial charge on any atom is -0.497 e. The third-order valence-corrected chi connectivity index (χ3v) is 4.00. The number of methoxy groups -OCH3 is 1. The van der Waals surface area contributed by atoms with Crippen molar-refractivity contribution in [1.29, 1.82) is 0 Å². The number of nitrogens with zero attached hydrogens (tertiary/aromatic N) is 1. The Morgan fingerprint density at radius 1 is 1.15 bits per heavy atom. The number of carboxylic acid groups (broad SMARTS) is 1. The number of nitrogens with one attached hydrogen (secondary N) is 1. The maximum Gasteiger partial charge on any atom is 0.405 e. The minimum atomic E-state index is -1.27. The number of likely N-dealkylation sites (N-methyl/N-ethyl adjacent to an activating group) is 1. The first-order valence-corrected chi connectivity index (χ1v) is 8.04. The summed E-state index contributed by atoms with van der Waals surface area (Å²) in [5.41, 5.74) is 2.08. The van der Waals surface area contributed by atoms with Crippen LogP contribution in [-0.4, -0.2) is 42.4 Å². The monoisotopic (exact) mass is 358 g/mol. The van der Waals surface area contributed by atoms with Crippen molar-refractivity contribution in [3.05, 3.63) is 59.7 Å². The van der Waals surface area contributed by atoms with Gasteiger partial charge in [-0.1, -0.05) is 24.3 Å². The number of anilines is 1. The molecule has 0 saturated carbocycles. The summed E-state index contributed by atoms with van der Waals surface area (Å²) < 4.78 is 5.10. The molecule has 7 heteroatoms. The number of carbonyl (C=O) groups excluding carboxylic acids is 1. The molecule has 2 rings (SSSR count). The molecule has 0 radical (unpaired) electrons. The van der Waals surface area contributed by atoms with E-state index in [2.05, 4.69) is 5.32 Å². The van der Waals surface area contributed by atoms with Crippen molar-refractivity contribution in [2.24, 2.45) is 0 Å². The normalized spacial score (nSPS) is 11.5. The van der Waals surface area contributed by atoms with E-state index < -0.39 is 12.1 Å². The van der Waals surface area contributed by atoms with Crippen molar-refractivity contribution in [1.82, 2.24) is 5.32 Å². The largest absolute Gasteiger partial charge is 0.497 e. The van der Waals surface area contributed by atoms with Crippen LogP contribution >= 0.6 is 0 Å². The van der Waals surface area contributed by atoms with Crippen LogP contribution in [0.2, 0.25) is 0 Å². The topological polar surface area (TPSA) is 99.1 Å². The van der Waals surface area contributed by atoms with Crippen LogP contribution in [0.1, 0.15) is 11.1 Å². The molecule has 0 aliphatic rings. The summed E-state index contributed by atoms with van der Waals surface area (Å²) in [7, 11) is 3.14. The summed E-state index contributed by atoms with van der Waals surface area (Å²) in [5, 5.41) is 20.6. The highest BCUT2D eigenvalue weighted by Gasteiger charge is 2.25. The lowest BCUT2D eigenvalue weighted by Gasteiger charge is -2.24. The van der Waals surface area contributed by atoms with E-state index in [0.29, 0.717) is 17.0 Å². The van der Waals surface area contributed by atoms with Gasteiger partial charge in [-0.15, -0.1) is 0 Å². The van der Waals surface area contributed by atoms with E-state index in [1.807, 2.05) is 0 Å². The molecule has 1 unspecified atom stereocenters. The van der Waals surface area contributed by atoms with E-state index in [1.165, 1.54) is 4.90 Å². The number of amides is 2. The van der Waals surface area contributed by atoms with Crippen molar-refractivity contribution in [3.8, 4) is 5.75 Å². The number of aliphatic hydroxyl groups is 1. The van der Waals surface area contributed by atoms with Crippen LogP contribution in [0.4, 0.5) is 10.5 Å². The van der Waals surface area contributed by atoms with Gasteiger partial charge < -0.3 is 25.2 Å². The van der Waals surface area contributed by atoms with Crippen LogP contribution in [0.5, 0.6) is 5.75 Å². The fourth-order valence-electron chi connectivity index (χ4n) is 2.61. The van der Waals surface area contributed by atoms with Gasteiger partial charge in [0.1, 0.15) is 11.8 Å². The highest BCUT2D eigenvalue weighted by molar-refractivity contribution is 5.98. The Morgan fingerprint density at radius 3 is 2.38 bits per heavy atom. The van der Waals surface area contributed by atoms with E-state index >= 15 is 0 Å². The fraction of sp³-hybridized carbons (Fsp3) is 0.263. The minimum absolute atomic E-state index is 0.120. The lowest BCUT2D eigenvalue weighted by Crippen LogP contribution is -2.48. The third-order valence-electron chi connectivity index (χ3n) is 4.00. The first-order valence-electron chi connectivity index (χ1n) is 8.04. The summed E-state index contributed by atoms with van der Waals surface area (Å²) in [5.74, 6) is 0.280. The Morgan fingerprint density at radius 2 is 1.81 bits per heavy atom. The summed E-state index contributed by atoms with van der Waals surface area (Å²) in [6.07, 6.45) is -1.09. The van der Waals surface area contributed by atoms with Gasteiger partial charge in [0.2, 0.25) is 5.91 Å². The molecule has 1 atom stereocenters. The van der Waals surface area contributed by atoms with Crippen LogP contribution < -0.4 is 15.0 Å². The van der Waals surface area contributed by atoms with Crippen molar-refractivity contribution in [2.45, 2.75) is 19.1 Å². The summed E-state index contributed by atoms with van der Waals surface area (Å²) >= 11 is 0. The fourth-order valence-corrected chi connectivity index (χ4v) is 2.61. The molecule has 0 fully saturated rings. The molecule has 138 valence electrons. The lowest BCUT2D eigenvalue weighted by molar-refractivity contribution is -0.120. The van der Waals surface area contributed by atoms with E-state index in [9.17, 15) is 14.7 Å². The van der Waals surface area contributed by atoms with Gasteiger partial charge in [0, 0.05) is 19.2 Å². The molecule has 0 aliphatic heterocycles. The number of hydrogen-bond donors (Lipinski definition) is 3. The summed E-state index contributed by atoms with van der Waals surface area (Å²) in [6, 6.07) is 13.0. The van der Waals surface area contributed by atoms with Gasteiger partial charge in [-0.05, 0) is 35.4 Å². The standard InChI is InChI=1S/C19H22N2O5/c1-21(15-6-8-16(26-2)9-7-15)18(23)17(20-19(24)25)11-13-4-3-5-14(10-13)12-22/h3-10,17,20,22H,11-12H2,1-2H3,(H,24,25). The zero-order valence-electron chi connectivity index (χ0n) is 14.7. The lowest BCUT2D eigenvalue weighted by atomic mass is 10.0. The van der Waals surface area contributed by atoms with Gasteiger partial charge in [0.15, 0.2) is 0 Å². The van der Waals surface area contributed by atoms with Crippen molar-refractivity contribution in [2.75, 3.05) is 19.1 Å². The molecule has 26 heavy (non-hydrogen) atoms. The van der Waals surface area contributed by atoms with Crippen molar-refractivity contribution < 1.29 is 24.5 Å². The molecule has 2 amide bonds. The maximum atomic E-state index is 12.8. The summed E-state index contributed by atoms with van der Waals surface area (Å²) in [4.78, 5) is 25.3. The number of rotatable bonds is 7. The molecule has 0 spiro atoms. The predicted octanol–water partition coefficient (Wildman–Crippen LogP) is 2.03. The Kier molecular flexibility index (Phi) is 6.57. The maximum absolute atomic E-state index is 12.8. The number of benzene rings is 2. The van der Waals surface area contributed by atoms with Crippen molar-refractivity contribution >= 4 is 17.7 Å². The average molecular weight is 358 g/mol. The quantitative estimate of drug-likeness (QED) is 0.703. The second-order valence-corrected chi connectivity index (χ2v) is 5.78. The second-order valence-electron chi connectivity index (χ2n) is 5.78. The number of hydrogen-bond acceptors (Lipinski definition) is 4. The molecule has 2 aromatic carbocycles. The second kappa shape index (κ2) is 8.87. The Balaban J connectivity index is 2.20. The van der Waals surface area contributed by atoms with Gasteiger partial charge in [-0.3, -0.25) is 4.79 Å². The van der Waals surface area contributed by atoms with E-state index in [1.54, 1.807) is 62.7 Å². The van der Waals surface area contributed by atoms with Gasteiger partial charge >= 0.3 is 6.09 Å². The van der Waals surface area contributed by atoms with Crippen LogP contribution in [0.25, 0.3) is 0 Å². The number of aliphatic hydroxyl groups excluding tert-OH is 1. The molecule has 7 nitrogen and oxygen atoms in total.